The van der Waals surface area contributed by atoms with Crippen molar-refractivity contribution in [2.24, 2.45) is 0 Å². The van der Waals surface area contributed by atoms with Crippen molar-refractivity contribution in [1.82, 2.24) is 4.57 Å². The number of hydrogen-bond acceptors (Lipinski definition) is 3. The van der Waals surface area contributed by atoms with Crippen LogP contribution in [0.4, 0.5) is 10.1 Å². The van der Waals surface area contributed by atoms with Crippen molar-refractivity contribution < 1.29 is 8.60 Å². The van der Waals surface area contributed by atoms with Gasteiger partial charge in [-0.15, -0.1) is 0 Å². The highest BCUT2D eigenvalue weighted by Crippen LogP contribution is 2.18. The van der Waals surface area contributed by atoms with E-state index in [1.54, 1.807) is 6.20 Å². The van der Waals surface area contributed by atoms with Gasteiger partial charge in [0.15, 0.2) is 0 Å². The molecule has 0 fully saturated rings. The first-order chi connectivity index (χ1) is 9.97. The fourth-order valence-electron chi connectivity index (χ4n) is 1.83. The molecule has 0 bridgehead atoms. The van der Waals surface area contributed by atoms with E-state index in [9.17, 15) is 13.4 Å². The van der Waals surface area contributed by atoms with Crippen LogP contribution in [-0.4, -0.2) is 14.5 Å². The van der Waals surface area contributed by atoms with Gasteiger partial charge in [0.2, 0.25) is 0 Å². The normalized spacial score (nSPS) is 12.3. The molecule has 0 aliphatic carbocycles. The first-order valence-corrected chi connectivity index (χ1v) is 7.96. The van der Waals surface area contributed by atoms with E-state index in [0.717, 1.165) is 0 Å². The highest BCUT2D eigenvalue weighted by Gasteiger charge is 2.07. The molecular weight excluding hydrogens is 315 g/mol. The Hall–Kier alpha value is -1.66. The molecule has 1 heterocycles. The average molecular weight is 329 g/mol. The van der Waals surface area contributed by atoms with Crippen molar-refractivity contribution in [1.29, 1.82) is 0 Å². The van der Waals surface area contributed by atoms with Crippen LogP contribution in [0, 0.1) is 5.82 Å². The van der Waals surface area contributed by atoms with Gasteiger partial charge in [0.1, 0.15) is 5.82 Å². The molecule has 7 heteroatoms. The second kappa shape index (κ2) is 6.87. The van der Waals surface area contributed by atoms with Gasteiger partial charge in [0.25, 0.3) is 5.56 Å². The van der Waals surface area contributed by atoms with Crippen LogP contribution in [0.1, 0.15) is 6.42 Å². The Morgan fingerprint density at radius 1 is 1.29 bits per heavy atom. The van der Waals surface area contributed by atoms with E-state index < -0.39 is 16.6 Å². The molecule has 4 nitrogen and oxygen atoms in total. The van der Waals surface area contributed by atoms with Crippen LogP contribution in [-0.2, 0) is 17.3 Å². The summed E-state index contributed by atoms with van der Waals surface area (Å²) in [5.41, 5.74) is 5.96. The molecule has 21 heavy (non-hydrogen) atoms. The highest BCUT2D eigenvalue weighted by atomic mass is 35.5. The zero-order chi connectivity index (χ0) is 15.4. The fourth-order valence-corrected chi connectivity index (χ4v) is 3.17. The quantitative estimate of drug-likeness (QED) is 0.916. The second-order valence-corrected chi connectivity index (χ2v) is 6.45. The van der Waals surface area contributed by atoms with Crippen molar-refractivity contribution in [3.8, 4) is 0 Å². The number of halogens is 2. The predicted octanol–water partition coefficient (Wildman–Crippen LogP) is 2.42. The Balaban J connectivity index is 1.96. The Labute approximate surface area is 128 Å². The minimum absolute atomic E-state index is 0.0482. The molecule has 0 saturated carbocycles. The van der Waals surface area contributed by atoms with E-state index in [-0.39, 0.29) is 10.6 Å². The number of pyridine rings is 1. The first kappa shape index (κ1) is 15.7. The van der Waals surface area contributed by atoms with Gasteiger partial charge in [0, 0.05) is 35.1 Å². The van der Waals surface area contributed by atoms with Crippen molar-refractivity contribution in [3.05, 3.63) is 57.7 Å². The average Bonchev–Trinajstić information content (AvgIpc) is 2.45. The predicted molar refractivity (Wildman–Crippen MR) is 82.4 cm³/mol. The van der Waals surface area contributed by atoms with Crippen molar-refractivity contribution in [2.45, 2.75) is 17.9 Å². The van der Waals surface area contributed by atoms with Crippen LogP contribution in [0.3, 0.4) is 0 Å². The molecule has 2 aromatic rings. The lowest BCUT2D eigenvalue weighted by atomic mass is 10.3. The zero-order valence-electron chi connectivity index (χ0n) is 11.1. The monoisotopic (exact) mass is 328 g/mol. The largest absolute Gasteiger partial charge is 0.398 e. The highest BCUT2D eigenvalue weighted by molar-refractivity contribution is 7.85. The van der Waals surface area contributed by atoms with E-state index >= 15 is 0 Å². The third-order valence-corrected chi connectivity index (χ3v) is 4.62. The van der Waals surface area contributed by atoms with Gasteiger partial charge in [-0.2, -0.15) is 0 Å². The van der Waals surface area contributed by atoms with Gasteiger partial charge in [-0.3, -0.25) is 9.00 Å². The summed E-state index contributed by atoms with van der Waals surface area (Å²) in [7, 11) is -1.29. The summed E-state index contributed by atoms with van der Waals surface area (Å²) in [6.45, 7) is 0.421. The summed E-state index contributed by atoms with van der Waals surface area (Å²) in [4.78, 5) is 12.0. The molecule has 0 aliphatic heterocycles. The third kappa shape index (κ3) is 4.15. The summed E-state index contributed by atoms with van der Waals surface area (Å²) < 4.78 is 26.6. The Kier molecular flexibility index (Phi) is 5.14. The van der Waals surface area contributed by atoms with E-state index in [1.165, 1.54) is 34.9 Å². The first-order valence-electron chi connectivity index (χ1n) is 6.27. The van der Waals surface area contributed by atoms with Gasteiger partial charge >= 0.3 is 0 Å². The molecule has 1 aromatic heterocycles. The summed E-state index contributed by atoms with van der Waals surface area (Å²) >= 11 is 5.66. The van der Waals surface area contributed by atoms with E-state index in [0.29, 0.717) is 29.3 Å². The molecule has 0 spiro atoms. The van der Waals surface area contributed by atoms with Gasteiger partial charge in [-0.25, -0.2) is 4.39 Å². The molecule has 0 amide bonds. The molecule has 0 aliphatic rings. The van der Waals surface area contributed by atoms with Crippen LogP contribution in [0.2, 0.25) is 5.02 Å². The van der Waals surface area contributed by atoms with Crippen LogP contribution < -0.4 is 11.3 Å². The Morgan fingerprint density at radius 3 is 2.76 bits per heavy atom. The fraction of sp³-hybridized carbons (Fsp3) is 0.214. The summed E-state index contributed by atoms with van der Waals surface area (Å²) in [5, 5.41) is -0.0482. The molecule has 112 valence electrons. The SMILES string of the molecule is Nc1ccc(=O)n(CCCS(=O)c2ccc(F)c(Cl)c2)c1. The van der Waals surface area contributed by atoms with Crippen molar-refractivity contribution >= 4 is 28.1 Å². The van der Waals surface area contributed by atoms with Gasteiger partial charge in [0.05, 0.1) is 15.8 Å². The van der Waals surface area contributed by atoms with Crippen molar-refractivity contribution in [3.63, 3.8) is 0 Å². The zero-order valence-corrected chi connectivity index (χ0v) is 12.7. The molecule has 2 N–H and O–H groups in total. The van der Waals surface area contributed by atoms with Crippen LogP contribution >= 0.6 is 11.6 Å². The number of nitrogens with zero attached hydrogens (tertiary/aromatic N) is 1. The lowest BCUT2D eigenvalue weighted by Crippen LogP contribution is -2.19. The minimum atomic E-state index is -1.29. The van der Waals surface area contributed by atoms with E-state index in [2.05, 4.69) is 0 Å². The lowest BCUT2D eigenvalue weighted by molar-refractivity contribution is 0.626. The smallest absolute Gasteiger partial charge is 0.250 e. The summed E-state index contributed by atoms with van der Waals surface area (Å²) in [5.74, 6) is -0.188. The maximum Gasteiger partial charge on any atom is 0.250 e. The van der Waals surface area contributed by atoms with Gasteiger partial charge < -0.3 is 10.3 Å². The number of aromatic nitrogens is 1. The topological polar surface area (TPSA) is 65.1 Å². The molecule has 1 unspecified atom stereocenters. The number of nitrogens with two attached hydrogens (primary N) is 1. The van der Waals surface area contributed by atoms with E-state index in [4.69, 9.17) is 17.3 Å². The third-order valence-electron chi connectivity index (χ3n) is 2.89. The Morgan fingerprint density at radius 2 is 2.05 bits per heavy atom. The van der Waals surface area contributed by atoms with Crippen LogP contribution in [0.25, 0.3) is 0 Å². The van der Waals surface area contributed by atoms with Crippen LogP contribution in [0.15, 0.2) is 46.2 Å². The number of benzene rings is 1. The van der Waals surface area contributed by atoms with Crippen molar-refractivity contribution in [2.75, 3.05) is 11.5 Å². The number of nitrogen functional groups attached to an aromatic ring is 1. The molecule has 1 atom stereocenters. The van der Waals surface area contributed by atoms with Gasteiger partial charge in [-0.05, 0) is 30.7 Å². The second-order valence-electron chi connectivity index (χ2n) is 4.47. The summed E-state index contributed by atoms with van der Waals surface area (Å²) in [6, 6.07) is 6.94. The molecule has 1 aromatic carbocycles. The molecule has 2 rings (SSSR count). The van der Waals surface area contributed by atoms with Crippen LogP contribution in [0.5, 0.6) is 0 Å². The minimum Gasteiger partial charge on any atom is -0.398 e. The Bertz CT molecular complexity index is 733. The summed E-state index contributed by atoms with van der Waals surface area (Å²) in [6.07, 6.45) is 2.09. The molecule has 0 radical (unpaired) electrons. The molecule has 0 saturated heterocycles. The number of anilines is 1. The lowest BCUT2D eigenvalue weighted by Gasteiger charge is -2.07. The maximum atomic E-state index is 13.0. The van der Waals surface area contributed by atoms with Gasteiger partial charge in [-0.1, -0.05) is 11.6 Å². The molecular formula is C14H14ClFN2O2S. The number of aryl methyl sites for hydroxylation is 1. The standard InChI is InChI=1S/C14H14ClFN2O2S/c15-12-8-11(3-4-13(12)16)21(20)7-1-6-18-9-10(17)2-5-14(18)19/h2-5,8-9H,1,6-7,17H2. The number of rotatable bonds is 5. The number of hydrogen-bond donors (Lipinski definition) is 1. The maximum absolute atomic E-state index is 13.0. The van der Waals surface area contributed by atoms with E-state index in [1.807, 2.05) is 0 Å².